The van der Waals surface area contributed by atoms with Crippen molar-refractivity contribution < 1.29 is 9.13 Å². The number of hydrogen-bond donors (Lipinski definition) is 2. The molecule has 0 bridgehead atoms. The topological polar surface area (TPSA) is 49.9 Å². The molecule has 0 spiro atoms. The first-order valence-electron chi connectivity index (χ1n) is 4.81. The van der Waals surface area contributed by atoms with Gasteiger partial charge in [0.1, 0.15) is 0 Å². The number of methoxy groups -OCH3 is 1. The van der Waals surface area contributed by atoms with Crippen LogP contribution in [0.2, 0.25) is 0 Å². The van der Waals surface area contributed by atoms with Crippen molar-refractivity contribution in [3.8, 4) is 5.75 Å². The van der Waals surface area contributed by atoms with Crippen LogP contribution in [-0.4, -0.2) is 17.1 Å². The second-order valence-corrected chi connectivity index (χ2v) is 3.39. The molecular formula is C11H12FN3O. The fourth-order valence-corrected chi connectivity index (χ4v) is 1.35. The average Bonchev–Trinajstić information content (AvgIpc) is 2.67. The molecule has 16 heavy (non-hydrogen) atoms. The molecule has 1 aromatic carbocycles. The molecule has 1 heterocycles. The van der Waals surface area contributed by atoms with E-state index in [1.54, 1.807) is 18.3 Å². The van der Waals surface area contributed by atoms with Crippen LogP contribution in [0.1, 0.15) is 5.69 Å². The third kappa shape index (κ3) is 2.13. The Morgan fingerprint density at radius 2 is 2.25 bits per heavy atom. The van der Waals surface area contributed by atoms with E-state index in [-0.39, 0.29) is 11.6 Å². The Kier molecular flexibility index (Phi) is 2.76. The Hall–Kier alpha value is -2.04. The number of anilines is 2. The monoisotopic (exact) mass is 221 g/mol. The lowest BCUT2D eigenvalue weighted by Crippen LogP contribution is -1.94. The molecule has 0 saturated heterocycles. The number of ether oxygens (including phenoxy) is 1. The van der Waals surface area contributed by atoms with Gasteiger partial charge in [-0.1, -0.05) is 0 Å². The molecule has 0 atom stereocenters. The number of nitrogens with one attached hydrogen (secondary N) is 2. The van der Waals surface area contributed by atoms with Gasteiger partial charge in [0.25, 0.3) is 0 Å². The third-order valence-electron chi connectivity index (χ3n) is 2.12. The predicted octanol–water partition coefficient (Wildman–Crippen LogP) is 2.61. The number of aromatic nitrogens is 2. The zero-order valence-electron chi connectivity index (χ0n) is 9.04. The smallest absolute Gasteiger partial charge is 0.204 e. The van der Waals surface area contributed by atoms with Crippen molar-refractivity contribution in [2.24, 2.45) is 0 Å². The van der Waals surface area contributed by atoms with E-state index in [4.69, 9.17) is 4.74 Å². The lowest BCUT2D eigenvalue weighted by atomic mass is 10.3. The Bertz CT molecular complexity index is 496. The van der Waals surface area contributed by atoms with Crippen molar-refractivity contribution in [3.05, 3.63) is 35.9 Å². The summed E-state index contributed by atoms with van der Waals surface area (Å²) < 4.78 is 18.0. The summed E-state index contributed by atoms with van der Waals surface area (Å²) in [5, 5.41) is 3.01. The molecule has 1 aromatic heterocycles. The zero-order valence-corrected chi connectivity index (χ0v) is 9.04. The third-order valence-corrected chi connectivity index (χ3v) is 2.12. The maximum absolute atomic E-state index is 13.1. The molecule has 2 rings (SSSR count). The molecule has 5 heteroatoms. The van der Waals surface area contributed by atoms with Crippen molar-refractivity contribution in [3.63, 3.8) is 0 Å². The van der Waals surface area contributed by atoms with Gasteiger partial charge in [-0.3, -0.25) is 0 Å². The van der Waals surface area contributed by atoms with Gasteiger partial charge in [-0.2, -0.15) is 0 Å². The predicted molar refractivity (Wildman–Crippen MR) is 59.6 cm³/mol. The van der Waals surface area contributed by atoms with E-state index >= 15 is 0 Å². The second-order valence-electron chi connectivity index (χ2n) is 3.39. The maximum atomic E-state index is 13.1. The fraction of sp³-hybridized carbons (Fsp3) is 0.182. The van der Waals surface area contributed by atoms with Gasteiger partial charge in [-0.15, -0.1) is 0 Å². The summed E-state index contributed by atoms with van der Waals surface area (Å²) in [5.74, 6) is 0.433. The highest BCUT2D eigenvalue weighted by Crippen LogP contribution is 2.23. The molecule has 0 unspecified atom stereocenters. The SMILES string of the molecule is COc1cc(Nc2ncc(C)[nH]2)ccc1F. The van der Waals surface area contributed by atoms with Crippen LogP contribution in [0.4, 0.5) is 16.0 Å². The van der Waals surface area contributed by atoms with Gasteiger partial charge in [0, 0.05) is 23.6 Å². The zero-order chi connectivity index (χ0) is 11.5. The van der Waals surface area contributed by atoms with Crippen LogP contribution in [0.15, 0.2) is 24.4 Å². The number of aryl methyl sites for hydroxylation is 1. The largest absolute Gasteiger partial charge is 0.494 e. The van der Waals surface area contributed by atoms with Crippen molar-refractivity contribution in [1.82, 2.24) is 9.97 Å². The van der Waals surface area contributed by atoms with E-state index in [2.05, 4.69) is 15.3 Å². The Morgan fingerprint density at radius 1 is 1.44 bits per heavy atom. The lowest BCUT2D eigenvalue weighted by Gasteiger charge is -2.06. The highest BCUT2D eigenvalue weighted by atomic mass is 19.1. The first-order chi connectivity index (χ1) is 7.69. The van der Waals surface area contributed by atoms with Crippen LogP contribution in [0.25, 0.3) is 0 Å². The number of H-pyrrole nitrogens is 1. The van der Waals surface area contributed by atoms with Crippen molar-refractivity contribution >= 4 is 11.6 Å². The van der Waals surface area contributed by atoms with E-state index in [1.165, 1.54) is 13.2 Å². The maximum Gasteiger partial charge on any atom is 0.204 e. The molecule has 0 fully saturated rings. The minimum atomic E-state index is -0.385. The summed E-state index contributed by atoms with van der Waals surface area (Å²) in [6, 6.07) is 4.54. The molecule has 84 valence electrons. The van der Waals surface area contributed by atoms with Crippen molar-refractivity contribution in [2.45, 2.75) is 6.92 Å². The Morgan fingerprint density at radius 3 is 2.88 bits per heavy atom. The van der Waals surface area contributed by atoms with Gasteiger partial charge in [0.05, 0.1) is 7.11 Å². The number of benzene rings is 1. The molecule has 4 nitrogen and oxygen atoms in total. The second kappa shape index (κ2) is 4.22. The van der Waals surface area contributed by atoms with Gasteiger partial charge in [0.2, 0.25) is 5.95 Å². The van der Waals surface area contributed by atoms with Gasteiger partial charge in [0.15, 0.2) is 11.6 Å². The van der Waals surface area contributed by atoms with Gasteiger partial charge in [-0.05, 0) is 19.1 Å². The summed E-state index contributed by atoms with van der Waals surface area (Å²) >= 11 is 0. The molecule has 0 aliphatic rings. The van der Waals surface area contributed by atoms with E-state index in [0.29, 0.717) is 11.6 Å². The van der Waals surface area contributed by atoms with Crippen LogP contribution in [0.5, 0.6) is 5.75 Å². The minimum absolute atomic E-state index is 0.202. The van der Waals surface area contributed by atoms with Crippen LogP contribution in [-0.2, 0) is 0 Å². The number of rotatable bonds is 3. The van der Waals surface area contributed by atoms with Gasteiger partial charge in [-0.25, -0.2) is 9.37 Å². The van der Waals surface area contributed by atoms with Gasteiger partial charge >= 0.3 is 0 Å². The Labute approximate surface area is 92.5 Å². The van der Waals surface area contributed by atoms with Crippen molar-refractivity contribution in [1.29, 1.82) is 0 Å². The number of imidazole rings is 1. The highest BCUT2D eigenvalue weighted by Gasteiger charge is 2.04. The molecule has 0 amide bonds. The normalized spacial score (nSPS) is 10.2. The van der Waals surface area contributed by atoms with Crippen molar-refractivity contribution in [2.75, 3.05) is 12.4 Å². The van der Waals surface area contributed by atoms with E-state index < -0.39 is 0 Å². The number of aromatic amines is 1. The number of halogens is 1. The molecule has 2 N–H and O–H groups in total. The van der Waals surface area contributed by atoms with E-state index in [0.717, 1.165) is 5.69 Å². The lowest BCUT2D eigenvalue weighted by molar-refractivity contribution is 0.387. The van der Waals surface area contributed by atoms with Crippen LogP contribution in [0.3, 0.4) is 0 Å². The van der Waals surface area contributed by atoms with Crippen LogP contribution in [0, 0.1) is 12.7 Å². The summed E-state index contributed by atoms with van der Waals surface area (Å²) in [7, 11) is 1.43. The van der Waals surface area contributed by atoms with E-state index in [9.17, 15) is 4.39 Å². The average molecular weight is 221 g/mol. The molecule has 2 aromatic rings. The minimum Gasteiger partial charge on any atom is -0.494 e. The van der Waals surface area contributed by atoms with E-state index in [1.807, 2.05) is 6.92 Å². The number of nitrogens with zero attached hydrogens (tertiary/aromatic N) is 1. The summed E-state index contributed by atoms with van der Waals surface area (Å²) in [5.41, 5.74) is 1.67. The molecule has 0 aliphatic carbocycles. The quantitative estimate of drug-likeness (QED) is 0.837. The summed E-state index contributed by atoms with van der Waals surface area (Å²) in [6.45, 7) is 1.91. The molecule has 0 aliphatic heterocycles. The fourth-order valence-electron chi connectivity index (χ4n) is 1.35. The molecular weight excluding hydrogens is 209 g/mol. The summed E-state index contributed by atoms with van der Waals surface area (Å²) in [4.78, 5) is 7.11. The highest BCUT2D eigenvalue weighted by molar-refractivity contribution is 5.56. The standard InChI is InChI=1S/C11H12FN3O/c1-7-6-13-11(14-7)15-8-3-4-9(12)10(5-8)16-2/h3-6H,1-2H3,(H2,13,14,15). The summed E-state index contributed by atoms with van der Waals surface area (Å²) in [6.07, 6.45) is 1.71. The number of hydrogen-bond acceptors (Lipinski definition) is 3. The molecule has 0 radical (unpaired) electrons. The molecule has 0 saturated carbocycles. The van der Waals surface area contributed by atoms with Crippen LogP contribution < -0.4 is 10.1 Å². The van der Waals surface area contributed by atoms with Gasteiger partial charge < -0.3 is 15.0 Å². The first-order valence-corrected chi connectivity index (χ1v) is 4.81. The first kappa shape index (κ1) is 10.5. The Balaban J connectivity index is 2.21. The van der Waals surface area contributed by atoms with Crippen LogP contribution >= 0.6 is 0 Å².